The lowest BCUT2D eigenvalue weighted by atomic mass is 9.99. The number of benzene rings is 2. The van der Waals surface area contributed by atoms with Crippen LogP contribution in [-0.4, -0.2) is 38.3 Å². The molecule has 1 fully saturated rings. The first-order valence-electron chi connectivity index (χ1n) is 9.14. The molecule has 0 radical (unpaired) electrons. The van der Waals surface area contributed by atoms with Crippen LogP contribution >= 0.6 is 11.6 Å². The number of halogens is 2. The molecule has 28 heavy (non-hydrogen) atoms. The van der Waals surface area contributed by atoms with Crippen LogP contribution in [-0.2, 0) is 21.2 Å². The quantitative estimate of drug-likeness (QED) is 0.774. The highest BCUT2D eigenvalue weighted by Crippen LogP contribution is 2.24. The molecule has 1 N–H and O–H groups in total. The van der Waals surface area contributed by atoms with Crippen LogP contribution in [0.5, 0.6) is 0 Å². The first-order chi connectivity index (χ1) is 13.4. The summed E-state index contributed by atoms with van der Waals surface area (Å²) in [6.07, 6.45) is 1.86. The number of hydrogen-bond acceptors (Lipinski definition) is 3. The van der Waals surface area contributed by atoms with E-state index in [9.17, 15) is 17.6 Å². The summed E-state index contributed by atoms with van der Waals surface area (Å²) in [5.41, 5.74) is 0.928. The lowest BCUT2D eigenvalue weighted by molar-refractivity contribution is -0.126. The van der Waals surface area contributed by atoms with Gasteiger partial charge in [-0.1, -0.05) is 23.7 Å². The van der Waals surface area contributed by atoms with Crippen molar-refractivity contribution in [3.63, 3.8) is 0 Å². The highest BCUT2D eigenvalue weighted by atomic mass is 35.5. The summed E-state index contributed by atoms with van der Waals surface area (Å²) < 4.78 is 39.9. The van der Waals surface area contributed by atoms with E-state index in [4.69, 9.17) is 11.6 Å². The zero-order valence-electron chi connectivity index (χ0n) is 15.3. The summed E-state index contributed by atoms with van der Waals surface area (Å²) >= 11 is 5.83. The highest BCUT2D eigenvalue weighted by molar-refractivity contribution is 7.89. The van der Waals surface area contributed by atoms with Crippen LogP contribution in [0.25, 0.3) is 0 Å². The second-order valence-corrected chi connectivity index (χ2v) is 9.20. The number of hydrogen-bond donors (Lipinski definition) is 1. The number of piperidine rings is 1. The van der Waals surface area contributed by atoms with Crippen molar-refractivity contribution in [1.29, 1.82) is 0 Å². The molecule has 3 rings (SSSR count). The Balaban J connectivity index is 1.57. The summed E-state index contributed by atoms with van der Waals surface area (Å²) in [5, 5.41) is 3.33. The van der Waals surface area contributed by atoms with E-state index in [0.717, 1.165) is 5.56 Å². The van der Waals surface area contributed by atoms with E-state index in [-0.39, 0.29) is 29.1 Å². The van der Waals surface area contributed by atoms with Crippen molar-refractivity contribution >= 4 is 27.5 Å². The van der Waals surface area contributed by atoms with Crippen LogP contribution in [0.2, 0.25) is 5.02 Å². The molecule has 1 aliphatic rings. The van der Waals surface area contributed by atoms with E-state index >= 15 is 0 Å². The van der Waals surface area contributed by atoms with Crippen molar-refractivity contribution in [3.8, 4) is 0 Å². The standard InChI is InChI=1S/C20H22ClFN2O3S/c21-17-5-9-19(10-6-17)28(26,27)24-13-1-2-16(14-24)20(25)23-12-11-15-3-7-18(22)8-4-15/h3-10,16H,1-2,11-14H2,(H,23,25). The fourth-order valence-electron chi connectivity index (χ4n) is 3.26. The minimum atomic E-state index is -3.65. The van der Waals surface area contributed by atoms with Gasteiger partial charge in [0, 0.05) is 24.7 Å². The summed E-state index contributed by atoms with van der Waals surface area (Å²) in [5.74, 6) is -0.834. The number of rotatable bonds is 6. The fraction of sp³-hybridized carbons (Fsp3) is 0.350. The van der Waals surface area contributed by atoms with Crippen LogP contribution in [0, 0.1) is 11.7 Å². The molecule has 0 saturated carbocycles. The number of carbonyl (C=O) groups excluding carboxylic acids is 1. The van der Waals surface area contributed by atoms with Crippen molar-refractivity contribution in [1.82, 2.24) is 9.62 Å². The molecule has 1 amide bonds. The Morgan fingerprint density at radius 2 is 1.82 bits per heavy atom. The SMILES string of the molecule is O=C(NCCc1ccc(F)cc1)C1CCCN(S(=O)(=O)c2ccc(Cl)cc2)C1. The molecule has 150 valence electrons. The second kappa shape index (κ2) is 9.03. The van der Waals surface area contributed by atoms with Gasteiger partial charge >= 0.3 is 0 Å². The maximum Gasteiger partial charge on any atom is 0.243 e. The second-order valence-electron chi connectivity index (χ2n) is 6.82. The van der Waals surface area contributed by atoms with Crippen molar-refractivity contribution < 1.29 is 17.6 Å². The third-order valence-electron chi connectivity index (χ3n) is 4.83. The first-order valence-corrected chi connectivity index (χ1v) is 11.0. The molecule has 2 aromatic rings. The topological polar surface area (TPSA) is 66.5 Å². The van der Waals surface area contributed by atoms with Gasteiger partial charge in [0.1, 0.15) is 5.82 Å². The van der Waals surface area contributed by atoms with Gasteiger partial charge in [0.05, 0.1) is 10.8 Å². The zero-order valence-corrected chi connectivity index (χ0v) is 16.8. The number of carbonyl (C=O) groups is 1. The molecule has 1 atom stereocenters. The minimum absolute atomic E-state index is 0.155. The van der Waals surface area contributed by atoms with Gasteiger partial charge in [-0.25, -0.2) is 12.8 Å². The smallest absolute Gasteiger partial charge is 0.243 e. The molecule has 0 spiro atoms. The molecular weight excluding hydrogens is 403 g/mol. The third kappa shape index (κ3) is 5.10. The van der Waals surface area contributed by atoms with Crippen molar-refractivity contribution in [2.24, 2.45) is 5.92 Å². The molecule has 0 aromatic heterocycles. The molecule has 1 aliphatic heterocycles. The number of nitrogens with one attached hydrogen (secondary N) is 1. The maximum absolute atomic E-state index is 12.9. The summed E-state index contributed by atoms with van der Waals surface area (Å²) in [7, 11) is -3.65. The van der Waals surface area contributed by atoms with Gasteiger partial charge in [0.25, 0.3) is 0 Å². The van der Waals surface area contributed by atoms with Crippen LogP contribution in [0.1, 0.15) is 18.4 Å². The van der Waals surface area contributed by atoms with Crippen LogP contribution < -0.4 is 5.32 Å². The Hall–Kier alpha value is -1.96. The maximum atomic E-state index is 12.9. The molecule has 1 heterocycles. The number of sulfonamides is 1. The van der Waals surface area contributed by atoms with Gasteiger partial charge < -0.3 is 5.32 Å². The lowest BCUT2D eigenvalue weighted by Gasteiger charge is -2.31. The normalized spacial score (nSPS) is 18.0. The minimum Gasteiger partial charge on any atom is -0.355 e. The molecule has 0 aliphatic carbocycles. The average Bonchev–Trinajstić information content (AvgIpc) is 2.70. The predicted octanol–water partition coefficient (Wildman–Crippen LogP) is 3.24. The average molecular weight is 425 g/mol. The van der Waals surface area contributed by atoms with Crippen LogP contribution in [0.4, 0.5) is 4.39 Å². The van der Waals surface area contributed by atoms with Gasteiger partial charge in [-0.05, 0) is 61.2 Å². The van der Waals surface area contributed by atoms with Gasteiger partial charge in [-0.15, -0.1) is 0 Å². The highest BCUT2D eigenvalue weighted by Gasteiger charge is 2.33. The first kappa shape index (κ1) is 20.8. The third-order valence-corrected chi connectivity index (χ3v) is 6.96. The fourth-order valence-corrected chi connectivity index (χ4v) is 4.91. The van der Waals surface area contributed by atoms with Gasteiger partial charge in [-0.2, -0.15) is 4.31 Å². The molecular formula is C20H22ClFN2O3S. The molecule has 0 bridgehead atoms. The lowest BCUT2D eigenvalue weighted by Crippen LogP contribution is -2.45. The Morgan fingerprint density at radius 1 is 1.14 bits per heavy atom. The van der Waals surface area contributed by atoms with E-state index < -0.39 is 10.0 Å². The summed E-state index contributed by atoms with van der Waals surface area (Å²) in [6.45, 7) is 0.975. The van der Waals surface area contributed by atoms with Gasteiger partial charge in [0.2, 0.25) is 15.9 Å². The van der Waals surface area contributed by atoms with Crippen molar-refractivity contribution in [2.45, 2.75) is 24.2 Å². The van der Waals surface area contributed by atoms with Crippen LogP contribution in [0.15, 0.2) is 53.4 Å². The van der Waals surface area contributed by atoms with Gasteiger partial charge in [-0.3, -0.25) is 4.79 Å². The van der Waals surface area contributed by atoms with Crippen molar-refractivity contribution in [2.75, 3.05) is 19.6 Å². The number of nitrogens with zero attached hydrogens (tertiary/aromatic N) is 1. The van der Waals surface area contributed by atoms with E-state index in [1.54, 1.807) is 12.1 Å². The van der Waals surface area contributed by atoms with E-state index in [1.807, 2.05) is 0 Å². The molecule has 8 heteroatoms. The molecule has 1 unspecified atom stereocenters. The zero-order chi connectivity index (χ0) is 20.1. The Labute approximate surface area is 169 Å². The van der Waals surface area contributed by atoms with E-state index in [2.05, 4.69) is 5.32 Å². The van der Waals surface area contributed by atoms with E-state index in [1.165, 1.54) is 40.7 Å². The summed E-state index contributed by atoms with van der Waals surface area (Å²) in [6, 6.07) is 12.2. The Kier molecular flexibility index (Phi) is 6.69. The predicted molar refractivity (Wildman–Crippen MR) is 106 cm³/mol. The number of amides is 1. The van der Waals surface area contributed by atoms with Crippen molar-refractivity contribution in [3.05, 3.63) is 64.9 Å². The molecule has 2 aromatic carbocycles. The monoisotopic (exact) mass is 424 g/mol. The Bertz CT molecular complexity index is 917. The molecule has 5 nitrogen and oxygen atoms in total. The Morgan fingerprint density at radius 3 is 2.50 bits per heavy atom. The summed E-state index contributed by atoms with van der Waals surface area (Å²) in [4.78, 5) is 12.7. The molecule has 1 saturated heterocycles. The van der Waals surface area contributed by atoms with Crippen LogP contribution in [0.3, 0.4) is 0 Å². The van der Waals surface area contributed by atoms with E-state index in [0.29, 0.717) is 37.4 Å². The van der Waals surface area contributed by atoms with Gasteiger partial charge in [0.15, 0.2) is 0 Å². The largest absolute Gasteiger partial charge is 0.355 e.